The van der Waals surface area contributed by atoms with Crippen LogP contribution in [-0.4, -0.2) is 21.3 Å². The van der Waals surface area contributed by atoms with Crippen molar-refractivity contribution in [1.82, 2.24) is 20.1 Å². The molecular formula is C17H20N4. The first kappa shape index (κ1) is 13.8. The quantitative estimate of drug-likeness (QED) is 0.799. The van der Waals surface area contributed by atoms with Gasteiger partial charge in [-0.2, -0.15) is 5.10 Å². The SMILES string of the molecule is CCNC(c1ccc2cccnc2c1)c1cn(C)nc1C. The lowest BCUT2D eigenvalue weighted by Crippen LogP contribution is -2.22. The van der Waals surface area contributed by atoms with Gasteiger partial charge in [0, 0.05) is 30.4 Å². The molecule has 4 nitrogen and oxygen atoms in total. The van der Waals surface area contributed by atoms with E-state index >= 15 is 0 Å². The lowest BCUT2D eigenvalue weighted by molar-refractivity contribution is 0.628. The van der Waals surface area contributed by atoms with E-state index in [1.807, 2.05) is 24.0 Å². The second kappa shape index (κ2) is 5.66. The summed E-state index contributed by atoms with van der Waals surface area (Å²) in [5, 5.41) is 9.18. The zero-order valence-electron chi connectivity index (χ0n) is 12.7. The van der Waals surface area contributed by atoms with E-state index < -0.39 is 0 Å². The van der Waals surface area contributed by atoms with Crippen molar-refractivity contribution >= 4 is 10.9 Å². The summed E-state index contributed by atoms with van der Waals surface area (Å²) < 4.78 is 1.87. The van der Waals surface area contributed by atoms with Gasteiger partial charge >= 0.3 is 0 Å². The molecule has 0 fully saturated rings. The Kier molecular flexibility index (Phi) is 3.71. The second-order valence-electron chi connectivity index (χ2n) is 5.29. The topological polar surface area (TPSA) is 42.7 Å². The van der Waals surface area contributed by atoms with Crippen LogP contribution in [0.5, 0.6) is 0 Å². The van der Waals surface area contributed by atoms with Crippen molar-refractivity contribution in [3.05, 3.63) is 59.5 Å². The average Bonchev–Trinajstić information content (AvgIpc) is 2.83. The molecule has 0 saturated heterocycles. The summed E-state index contributed by atoms with van der Waals surface area (Å²) in [6, 6.07) is 10.7. The minimum Gasteiger partial charge on any atom is -0.306 e. The van der Waals surface area contributed by atoms with Gasteiger partial charge in [-0.15, -0.1) is 0 Å². The van der Waals surface area contributed by atoms with Crippen molar-refractivity contribution in [3.8, 4) is 0 Å². The molecule has 1 unspecified atom stereocenters. The van der Waals surface area contributed by atoms with Crippen LogP contribution in [0.3, 0.4) is 0 Å². The first-order valence-electron chi connectivity index (χ1n) is 7.27. The summed E-state index contributed by atoms with van der Waals surface area (Å²) in [4.78, 5) is 4.46. The zero-order valence-corrected chi connectivity index (χ0v) is 12.7. The Labute approximate surface area is 124 Å². The standard InChI is InChI=1S/C17H20N4/c1-4-18-17(15-11-21(3)20-12(15)2)14-8-7-13-6-5-9-19-16(13)10-14/h5-11,17-18H,4H2,1-3H3. The Morgan fingerprint density at radius 1 is 1.29 bits per heavy atom. The predicted molar refractivity (Wildman–Crippen MR) is 85.2 cm³/mol. The Hall–Kier alpha value is -2.20. The van der Waals surface area contributed by atoms with Gasteiger partial charge in [0.1, 0.15) is 0 Å². The maximum atomic E-state index is 4.46. The van der Waals surface area contributed by atoms with Crippen LogP contribution >= 0.6 is 0 Å². The summed E-state index contributed by atoms with van der Waals surface area (Å²) in [5.74, 6) is 0. The first-order valence-corrected chi connectivity index (χ1v) is 7.27. The number of hydrogen-bond acceptors (Lipinski definition) is 3. The van der Waals surface area contributed by atoms with Gasteiger partial charge in [0.15, 0.2) is 0 Å². The van der Waals surface area contributed by atoms with E-state index in [9.17, 15) is 0 Å². The van der Waals surface area contributed by atoms with Crippen molar-refractivity contribution in [2.45, 2.75) is 19.9 Å². The van der Waals surface area contributed by atoms with Crippen molar-refractivity contribution in [1.29, 1.82) is 0 Å². The molecule has 0 saturated carbocycles. The van der Waals surface area contributed by atoms with E-state index in [1.165, 1.54) is 16.5 Å². The molecule has 2 aromatic heterocycles. The Morgan fingerprint density at radius 2 is 2.14 bits per heavy atom. The Balaban J connectivity index is 2.08. The molecule has 0 spiro atoms. The third-order valence-electron chi connectivity index (χ3n) is 3.73. The summed E-state index contributed by atoms with van der Waals surface area (Å²) in [5.41, 5.74) is 4.53. The highest BCUT2D eigenvalue weighted by Gasteiger charge is 2.18. The average molecular weight is 280 g/mol. The molecular weight excluding hydrogens is 260 g/mol. The highest BCUT2D eigenvalue weighted by atomic mass is 15.3. The summed E-state index contributed by atoms with van der Waals surface area (Å²) in [6.45, 7) is 5.08. The number of hydrogen-bond donors (Lipinski definition) is 1. The molecule has 3 rings (SSSR count). The van der Waals surface area contributed by atoms with Gasteiger partial charge in [0.05, 0.1) is 17.3 Å². The number of aromatic nitrogens is 3. The molecule has 108 valence electrons. The molecule has 4 heteroatoms. The van der Waals surface area contributed by atoms with Crippen molar-refractivity contribution in [2.24, 2.45) is 7.05 Å². The molecule has 0 aliphatic heterocycles. The van der Waals surface area contributed by atoms with Gasteiger partial charge in [-0.05, 0) is 31.2 Å². The summed E-state index contributed by atoms with van der Waals surface area (Å²) >= 11 is 0. The molecule has 2 heterocycles. The highest BCUT2D eigenvalue weighted by molar-refractivity contribution is 5.79. The van der Waals surface area contributed by atoms with Gasteiger partial charge in [0.2, 0.25) is 0 Å². The third-order valence-corrected chi connectivity index (χ3v) is 3.73. The molecule has 1 N–H and O–H groups in total. The van der Waals surface area contributed by atoms with Gasteiger partial charge in [-0.3, -0.25) is 9.67 Å². The number of fused-ring (bicyclic) bond motifs is 1. The molecule has 0 bridgehead atoms. The third kappa shape index (κ3) is 2.67. The van der Waals surface area contributed by atoms with Gasteiger partial charge in [0.25, 0.3) is 0 Å². The van der Waals surface area contributed by atoms with Crippen molar-refractivity contribution in [3.63, 3.8) is 0 Å². The number of pyridine rings is 1. The maximum absolute atomic E-state index is 4.46. The highest BCUT2D eigenvalue weighted by Crippen LogP contribution is 2.26. The van der Waals surface area contributed by atoms with Gasteiger partial charge in [-0.1, -0.05) is 25.1 Å². The van der Waals surface area contributed by atoms with E-state index in [1.54, 1.807) is 0 Å². The smallest absolute Gasteiger partial charge is 0.0705 e. The molecule has 0 amide bonds. The van der Waals surface area contributed by atoms with E-state index in [0.717, 1.165) is 17.8 Å². The van der Waals surface area contributed by atoms with E-state index in [-0.39, 0.29) is 6.04 Å². The number of nitrogens with one attached hydrogen (secondary N) is 1. The molecule has 21 heavy (non-hydrogen) atoms. The predicted octanol–water partition coefficient (Wildman–Crippen LogP) is 2.98. The fourth-order valence-corrected chi connectivity index (χ4v) is 2.78. The number of rotatable bonds is 4. The van der Waals surface area contributed by atoms with Crippen LogP contribution in [0, 0.1) is 6.92 Å². The van der Waals surface area contributed by atoms with Crippen LogP contribution in [0.25, 0.3) is 10.9 Å². The van der Waals surface area contributed by atoms with E-state index in [4.69, 9.17) is 0 Å². The molecule has 0 radical (unpaired) electrons. The van der Waals surface area contributed by atoms with Crippen LogP contribution in [0.15, 0.2) is 42.7 Å². The lowest BCUT2D eigenvalue weighted by atomic mass is 9.98. The summed E-state index contributed by atoms with van der Waals surface area (Å²) in [7, 11) is 1.96. The molecule has 0 aliphatic carbocycles. The largest absolute Gasteiger partial charge is 0.306 e. The summed E-state index contributed by atoms with van der Waals surface area (Å²) in [6.07, 6.45) is 3.93. The second-order valence-corrected chi connectivity index (χ2v) is 5.29. The zero-order chi connectivity index (χ0) is 14.8. The minimum absolute atomic E-state index is 0.148. The van der Waals surface area contributed by atoms with Crippen molar-refractivity contribution < 1.29 is 0 Å². The lowest BCUT2D eigenvalue weighted by Gasteiger charge is -2.18. The van der Waals surface area contributed by atoms with Crippen molar-refractivity contribution in [2.75, 3.05) is 6.54 Å². The van der Waals surface area contributed by atoms with E-state index in [0.29, 0.717) is 0 Å². The first-order chi connectivity index (χ1) is 10.2. The number of benzene rings is 1. The molecule has 0 aliphatic rings. The van der Waals surface area contributed by atoms with Crippen LogP contribution < -0.4 is 5.32 Å². The van der Waals surface area contributed by atoms with E-state index in [2.05, 4.69) is 59.7 Å². The van der Waals surface area contributed by atoms with Crippen LogP contribution in [0.4, 0.5) is 0 Å². The van der Waals surface area contributed by atoms with Crippen LogP contribution in [0.2, 0.25) is 0 Å². The maximum Gasteiger partial charge on any atom is 0.0705 e. The number of nitrogens with zero attached hydrogens (tertiary/aromatic N) is 3. The van der Waals surface area contributed by atoms with Crippen LogP contribution in [0.1, 0.15) is 29.8 Å². The molecule has 1 aromatic carbocycles. The Morgan fingerprint density at radius 3 is 2.86 bits per heavy atom. The number of aryl methyl sites for hydroxylation is 2. The molecule has 1 atom stereocenters. The normalized spacial score (nSPS) is 12.7. The Bertz CT molecular complexity index is 760. The fraction of sp³-hybridized carbons (Fsp3) is 0.294. The van der Waals surface area contributed by atoms with Gasteiger partial charge in [-0.25, -0.2) is 0 Å². The minimum atomic E-state index is 0.148. The van der Waals surface area contributed by atoms with Crippen LogP contribution in [-0.2, 0) is 7.05 Å². The monoisotopic (exact) mass is 280 g/mol. The fourth-order valence-electron chi connectivity index (χ4n) is 2.78. The van der Waals surface area contributed by atoms with Gasteiger partial charge < -0.3 is 5.32 Å². The molecule has 3 aromatic rings.